The summed E-state index contributed by atoms with van der Waals surface area (Å²) in [5, 5.41) is 9.49. The van der Waals surface area contributed by atoms with E-state index in [1.165, 1.54) is 0 Å². The molecule has 0 saturated carbocycles. The number of rotatable bonds is 5. The Balaban J connectivity index is 1.69. The third-order valence-corrected chi connectivity index (χ3v) is 4.16. The number of hydrogen-bond acceptors (Lipinski definition) is 5. The highest BCUT2D eigenvalue weighted by molar-refractivity contribution is 5.97. The van der Waals surface area contributed by atoms with Crippen molar-refractivity contribution in [2.24, 2.45) is 0 Å². The van der Waals surface area contributed by atoms with E-state index in [1.54, 1.807) is 37.5 Å². The average Bonchev–Trinajstić information content (AvgIpc) is 2.63. The molecule has 25 heavy (non-hydrogen) atoms. The fraction of sp³-hybridized carbons (Fsp3) is 0.368. The second kappa shape index (κ2) is 8.09. The average molecular weight is 341 g/mol. The number of carbonyl (C=O) groups excluding carboxylic acids is 1. The molecule has 1 amide bonds. The molecule has 1 atom stereocenters. The van der Waals surface area contributed by atoms with Gasteiger partial charge < -0.3 is 14.7 Å². The van der Waals surface area contributed by atoms with E-state index in [0.717, 1.165) is 13.1 Å². The predicted molar refractivity (Wildman–Crippen MR) is 94.8 cm³/mol. The Morgan fingerprint density at radius 3 is 2.64 bits per heavy atom. The Hall–Kier alpha value is -2.44. The van der Waals surface area contributed by atoms with E-state index in [-0.39, 0.29) is 12.0 Å². The van der Waals surface area contributed by atoms with Crippen LogP contribution in [0.1, 0.15) is 17.3 Å². The molecule has 1 fully saturated rings. The molecule has 2 aromatic rings. The molecule has 0 aliphatic carbocycles. The minimum Gasteiger partial charge on any atom is -0.455 e. The lowest BCUT2D eigenvalue weighted by Gasteiger charge is -2.35. The van der Waals surface area contributed by atoms with E-state index < -0.39 is 0 Å². The van der Waals surface area contributed by atoms with Crippen molar-refractivity contribution >= 4 is 5.91 Å². The maximum atomic E-state index is 12.9. The molecule has 1 saturated heterocycles. The van der Waals surface area contributed by atoms with Gasteiger partial charge in [0.1, 0.15) is 11.5 Å². The summed E-state index contributed by atoms with van der Waals surface area (Å²) in [4.78, 5) is 20.9. The summed E-state index contributed by atoms with van der Waals surface area (Å²) in [6, 6.07) is 10.9. The third kappa shape index (κ3) is 4.55. The van der Waals surface area contributed by atoms with E-state index in [4.69, 9.17) is 4.74 Å². The van der Waals surface area contributed by atoms with Gasteiger partial charge in [0.05, 0.1) is 17.9 Å². The van der Waals surface area contributed by atoms with E-state index in [0.29, 0.717) is 36.7 Å². The van der Waals surface area contributed by atoms with Crippen LogP contribution in [0.2, 0.25) is 0 Å². The van der Waals surface area contributed by atoms with E-state index in [9.17, 15) is 9.90 Å². The zero-order chi connectivity index (χ0) is 17.6. The number of amides is 1. The third-order valence-electron chi connectivity index (χ3n) is 4.16. The van der Waals surface area contributed by atoms with Crippen LogP contribution < -0.4 is 4.74 Å². The molecule has 132 valence electrons. The Bertz CT molecular complexity index is 698. The molecule has 1 aliphatic heterocycles. The molecule has 3 rings (SSSR count). The van der Waals surface area contributed by atoms with E-state index in [1.807, 2.05) is 23.1 Å². The minimum atomic E-state index is -0.351. The molecular weight excluding hydrogens is 318 g/mol. The molecule has 1 N–H and O–H groups in total. The normalized spacial score (nSPS) is 16.5. The Labute approximate surface area is 147 Å². The monoisotopic (exact) mass is 341 g/mol. The maximum absolute atomic E-state index is 12.9. The minimum absolute atomic E-state index is 0.0313. The standard InChI is InChI=1S/C19H23N3O3/c1-15(23)14-21-9-11-22(12-10-21)19(24)17-6-2-3-7-18(17)25-16-5-4-8-20-13-16/h2-8,13,15,23H,9-12,14H2,1H3/t15-/m1/s1. The van der Waals surface area contributed by atoms with Gasteiger partial charge in [-0.3, -0.25) is 14.7 Å². The summed E-state index contributed by atoms with van der Waals surface area (Å²) < 4.78 is 5.84. The van der Waals surface area contributed by atoms with Crippen molar-refractivity contribution in [3.63, 3.8) is 0 Å². The van der Waals surface area contributed by atoms with Crippen LogP contribution in [0, 0.1) is 0 Å². The molecule has 1 aliphatic rings. The first kappa shape index (κ1) is 17.4. The van der Waals surface area contributed by atoms with Gasteiger partial charge in [-0.15, -0.1) is 0 Å². The largest absolute Gasteiger partial charge is 0.455 e. The van der Waals surface area contributed by atoms with Gasteiger partial charge in [0, 0.05) is 38.9 Å². The number of benzene rings is 1. The first-order chi connectivity index (χ1) is 12.1. The number of carbonyl (C=O) groups is 1. The quantitative estimate of drug-likeness (QED) is 0.901. The van der Waals surface area contributed by atoms with Gasteiger partial charge in [-0.25, -0.2) is 0 Å². The van der Waals surface area contributed by atoms with Crippen LogP contribution in [0.4, 0.5) is 0 Å². The number of pyridine rings is 1. The first-order valence-electron chi connectivity index (χ1n) is 8.50. The maximum Gasteiger partial charge on any atom is 0.257 e. The molecule has 6 heteroatoms. The van der Waals surface area contributed by atoms with Crippen molar-refractivity contribution in [2.45, 2.75) is 13.0 Å². The van der Waals surface area contributed by atoms with Crippen LogP contribution in [0.5, 0.6) is 11.5 Å². The van der Waals surface area contributed by atoms with Crippen LogP contribution in [0.15, 0.2) is 48.8 Å². The molecule has 1 aromatic heterocycles. The topological polar surface area (TPSA) is 65.9 Å². The lowest BCUT2D eigenvalue weighted by molar-refractivity contribution is 0.0552. The molecule has 6 nitrogen and oxygen atoms in total. The highest BCUT2D eigenvalue weighted by Crippen LogP contribution is 2.26. The van der Waals surface area contributed by atoms with Crippen LogP contribution in [-0.2, 0) is 0 Å². The van der Waals surface area contributed by atoms with Gasteiger partial charge in [-0.2, -0.15) is 0 Å². The highest BCUT2D eigenvalue weighted by atomic mass is 16.5. The lowest BCUT2D eigenvalue weighted by Crippen LogP contribution is -2.50. The number of β-amino-alcohol motifs (C(OH)–C–C–N with tert-alkyl or cyclic N) is 1. The number of aromatic nitrogens is 1. The van der Waals surface area contributed by atoms with Crippen molar-refractivity contribution in [2.75, 3.05) is 32.7 Å². The van der Waals surface area contributed by atoms with Crippen LogP contribution in [0.25, 0.3) is 0 Å². The lowest BCUT2D eigenvalue weighted by atomic mass is 10.1. The van der Waals surface area contributed by atoms with Crippen molar-refractivity contribution in [3.8, 4) is 11.5 Å². The summed E-state index contributed by atoms with van der Waals surface area (Å²) in [7, 11) is 0. The predicted octanol–water partition coefficient (Wildman–Crippen LogP) is 2.01. The fourth-order valence-corrected chi connectivity index (χ4v) is 2.94. The molecule has 0 spiro atoms. The molecule has 1 aromatic carbocycles. The number of para-hydroxylation sites is 1. The van der Waals surface area contributed by atoms with Gasteiger partial charge in [-0.05, 0) is 31.2 Å². The number of piperazine rings is 1. The van der Waals surface area contributed by atoms with Crippen LogP contribution in [-0.4, -0.2) is 64.6 Å². The number of nitrogens with zero attached hydrogens (tertiary/aromatic N) is 3. The summed E-state index contributed by atoms with van der Waals surface area (Å²) in [6.45, 7) is 5.25. The van der Waals surface area contributed by atoms with Crippen molar-refractivity contribution in [1.29, 1.82) is 0 Å². The molecule has 2 heterocycles. The molecule has 0 radical (unpaired) electrons. The smallest absolute Gasteiger partial charge is 0.257 e. The van der Waals surface area contributed by atoms with Gasteiger partial charge in [-0.1, -0.05) is 12.1 Å². The SMILES string of the molecule is C[C@@H](O)CN1CCN(C(=O)c2ccccc2Oc2cccnc2)CC1. The second-order valence-electron chi connectivity index (χ2n) is 6.23. The summed E-state index contributed by atoms with van der Waals surface area (Å²) in [6.07, 6.45) is 2.95. The number of aliphatic hydroxyl groups excluding tert-OH is 1. The second-order valence-corrected chi connectivity index (χ2v) is 6.23. The van der Waals surface area contributed by atoms with Crippen LogP contribution in [0.3, 0.4) is 0 Å². The van der Waals surface area contributed by atoms with Crippen molar-refractivity contribution in [1.82, 2.24) is 14.8 Å². The molecule has 0 bridgehead atoms. The van der Waals surface area contributed by atoms with Gasteiger partial charge in [0.15, 0.2) is 0 Å². The van der Waals surface area contributed by atoms with Crippen molar-refractivity contribution < 1.29 is 14.6 Å². The van der Waals surface area contributed by atoms with Crippen LogP contribution >= 0.6 is 0 Å². The zero-order valence-corrected chi connectivity index (χ0v) is 14.3. The van der Waals surface area contributed by atoms with Crippen molar-refractivity contribution in [3.05, 3.63) is 54.4 Å². The fourth-order valence-electron chi connectivity index (χ4n) is 2.94. The molecule has 0 unspecified atom stereocenters. The Kier molecular flexibility index (Phi) is 5.63. The molecular formula is C19H23N3O3. The number of aliphatic hydroxyl groups is 1. The Morgan fingerprint density at radius 1 is 1.20 bits per heavy atom. The summed E-state index contributed by atoms with van der Waals surface area (Å²) >= 11 is 0. The number of hydrogen-bond donors (Lipinski definition) is 1. The highest BCUT2D eigenvalue weighted by Gasteiger charge is 2.24. The summed E-state index contributed by atoms with van der Waals surface area (Å²) in [5.41, 5.74) is 0.551. The van der Waals surface area contributed by atoms with E-state index >= 15 is 0 Å². The first-order valence-corrected chi connectivity index (χ1v) is 8.50. The number of ether oxygens (including phenoxy) is 1. The summed E-state index contributed by atoms with van der Waals surface area (Å²) in [5.74, 6) is 1.10. The van der Waals surface area contributed by atoms with E-state index in [2.05, 4.69) is 9.88 Å². The van der Waals surface area contributed by atoms with Gasteiger partial charge >= 0.3 is 0 Å². The Morgan fingerprint density at radius 2 is 1.96 bits per heavy atom. The zero-order valence-electron chi connectivity index (χ0n) is 14.3. The van der Waals surface area contributed by atoms with Gasteiger partial charge in [0.25, 0.3) is 5.91 Å². The van der Waals surface area contributed by atoms with Gasteiger partial charge in [0.2, 0.25) is 0 Å².